The van der Waals surface area contributed by atoms with E-state index in [2.05, 4.69) is 44.1 Å². The molecule has 0 spiro atoms. The Morgan fingerprint density at radius 2 is 1.94 bits per heavy atom. The molecule has 0 N–H and O–H groups in total. The van der Waals surface area contributed by atoms with Crippen molar-refractivity contribution < 1.29 is 0 Å². The van der Waals surface area contributed by atoms with Crippen molar-refractivity contribution in [3.63, 3.8) is 0 Å². The average Bonchev–Trinajstić information content (AvgIpc) is 2.39. The normalized spacial score (nSPS) is 18.8. The first-order valence-electron chi connectivity index (χ1n) is 6.67. The van der Waals surface area contributed by atoms with Gasteiger partial charge in [-0.2, -0.15) is 0 Å². The van der Waals surface area contributed by atoms with Crippen LogP contribution in [0.4, 0.5) is 0 Å². The van der Waals surface area contributed by atoms with Gasteiger partial charge in [0.15, 0.2) is 0 Å². The summed E-state index contributed by atoms with van der Waals surface area (Å²) in [6.07, 6.45) is 5.54. The Morgan fingerprint density at radius 3 is 2.53 bits per heavy atom. The highest BCUT2D eigenvalue weighted by molar-refractivity contribution is 6.67. The molecule has 0 radical (unpaired) electrons. The van der Waals surface area contributed by atoms with E-state index >= 15 is 0 Å². The quantitative estimate of drug-likeness (QED) is 0.701. The third kappa shape index (κ3) is 2.39. The van der Waals surface area contributed by atoms with Gasteiger partial charge in [0.2, 0.25) is 0 Å². The van der Waals surface area contributed by atoms with Crippen LogP contribution in [0.5, 0.6) is 0 Å². The SMILES string of the molecule is CCc1ccccc1C1(C)CCB(C#N)CC1. The summed E-state index contributed by atoms with van der Waals surface area (Å²) in [4.78, 5) is 0. The fourth-order valence-corrected chi connectivity index (χ4v) is 3.07. The fourth-order valence-electron chi connectivity index (χ4n) is 3.07. The van der Waals surface area contributed by atoms with Crippen molar-refractivity contribution >= 4 is 6.71 Å². The van der Waals surface area contributed by atoms with Crippen LogP contribution in [0.3, 0.4) is 0 Å². The molecule has 0 bridgehead atoms. The Balaban J connectivity index is 2.25. The summed E-state index contributed by atoms with van der Waals surface area (Å²) in [5.41, 5.74) is 3.28. The monoisotopic (exact) mass is 225 g/mol. The highest BCUT2D eigenvalue weighted by Gasteiger charge is 2.35. The molecule has 0 saturated carbocycles. The first-order chi connectivity index (χ1) is 8.19. The summed E-state index contributed by atoms with van der Waals surface area (Å²) >= 11 is 0. The van der Waals surface area contributed by atoms with Crippen LogP contribution >= 0.6 is 0 Å². The summed E-state index contributed by atoms with van der Waals surface area (Å²) < 4.78 is 0. The first-order valence-corrected chi connectivity index (χ1v) is 6.67. The van der Waals surface area contributed by atoms with Crippen LogP contribution in [-0.2, 0) is 11.8 Å². The number of hydrogen-bond donors (Lipinski definition) is 0. The molecule has 1 saturated heterocycles. The zero-order valence-electron chi connectivity index (χ0n) is 10.9. The van der Waals surface area contributed by atoms with E-state index in [1.807, 2.05) is 0 Å². The molecule has 1 heterocycles. The van der Waals surface area contributed by atoms with Crippen molar-refractivity contribution in [2.75, 3.05) is 0 Å². The lowest BCUT2D eigenvalue weighted by Gasteiger charge is -2.36. The van der Waals surface area contributed by atoms with Gasteiger partial charge in [0.1, 0.15) is 0 Å². The summed E-state index contributed by atoms with van der Waals surface area (Å²) in [7, 11) is 0. The van der Waals surface area contributed by atoms with Crippen molar-refractivity contribution in [2.45, 2.75) is 51.2 Å². The van der Waals surface area contributed by atoms with E-state index in [1.165, 1.54) is 11.1 Å². The summed E-state index contributed by atoms with van der Waals surface area (Å²) in [5, 5.41) is 8.98. The molecule has 1 aromatic rings. The van der Waals surface area contributed by atoms with Gasteiger partial charge in [0.25, 0.3) is 6.71 Å². The summed E-state index contributed by atoms with van der Waals surface area (Å²) in [5.74, 6) is 2.42. The van der Waals surface area contributed by atoms with Gasteiger partial charge >= 0.3 is 0 Å². The molecule has 88 valence electrons. The van der Waals surface area contributed by atoms with Crippen LogP contribution < -0.4 is 0 Å². The van der Waals surface area contributed by atoms with Gasteiger partial charge in [0.05, 0.1) is 0 Å². The number of nitriles is 1. The van der Waals surface area contributed by atoms with Gasteiger partial charge in [-0.3, -0.25) is 0 Å². The Labute approximate surface area is 105 Å². The van der Waals surface area contributed by atoms with E-state index < -0.39 is 0 Å². The molecule has 0 aromatic heterocycles. The fraction of sp³-hybridized carbons (Fsp3) is 0.533. The molecule has 0 amide bonds. The number of rotatable bonds is 2. The van der Waals surface area contributed by atoms with E-state index in [4.69, 9.17) is 5.26 Å². The minimum atomic E-state index is 0.289. The lowest BCUT2D eigenvalue weighted by molar-refractivity contribution is 0.418. The molecule has 2 rings (SSSR count). The Morgan fingerprint density at radius 1 is 1.29 bits per heavy atom. The van der Waals surface area contributed by atoms with Gasteiger partial charge in [-0.25, -0.2) is 5.26 Å². The molecule has 1 aliphatic heterocycles. The number of nitrogens with zero attached hydrogens (tertiary/aromatic N) is 1. The topological polar surface area (TPSA) is 23.8 Å². The van der Waals surface area contributed by atoms with Crippen LogP contribution in [-0.4, -0.2) is 6.71 Å². The van der Waals surface area contributed by atoms with Crippen molar-refractivity contribution in [1.82, 2.24) is 0 Å². The lowest BCUT2D eigenvalue weighted by atomic mass is 9.39. The molecule has 1 nitrogen and oxygen atoms in total. The largest absolute Gasteiger partial charge is 0.267 e. The number of aryl methyl sites for hydroxylation is 1. The predicted octanol–water partition coefficient (Wildman–Crippen LogP) is 3.86. The number of benzene rings is 1. The van der Waals surface area contributed by atoms with Crippen LogP contribution in [0.15, 0.2) is 24.3 Å². The van der Waals surface area contributed by atoms with Gasteiger partial charge in [-0.1, -0.05) is 50.8 Å². The molecule has 1 aliphatic rings. The highest BCUT2D eigenvalue weighted by atomic mass is 14.3. The summed E-state index contributed by atoms with van der Waals surface area (Å²) in [6, 6.07) is 8.81. The average molecular weight is 225 g/mol. The van der Waals surface area contributed by atoms with Gasteiger partial charge in [-0.05, 0) is 35.8 Å². The van der Waals surface area contributed by atoms with Crippen LogP contribution in [0, 0.1) is 11.2 Å². The molecular formula is C15H20BN. The molecule has 2 heteroatoms. The third-order valence-electron chi connectivity index (χ3n) is 4.32. The van der Waals surface area contributed by atoms with Crippen molar-refractivity contribution in [1.29, 1.82) is 5.26 Å². The molecular weight excluding hydrogens is 205 g/mol. The van der Waals surface area contributed by atoms with E-state index in [0.717, 1.165) is 31.9 Å². The van der Waals surface area contributed by atoms with Crippen LogP contribution in [0.2, 0.25) is 12.6 Å². The second-order valence-electron chi connectivity index (χ2n) is 5.47. The second kappa shape index (κ2) is 4.96. The first kappa shape index (κ1) is 12.2. The Kier molecular flexibility index (Phi) is 3.57. The van der Waals surface area contributed by atoms with Crippen LogP contribution in [0.25, 0.3) is 0 Å². The number of hydrogen-bond acceptors (Lipinski definition) is 1. The standard InChI is InChI=1S/C15H20BN/c1-3-13-6-4-5-7-14(13)15(2)8-10-16(12-17)11-9-15/h4-7H,3,8-11H2,1-2H3. The minimum Gasteiger partial charge on any atom is -0.213 e. The Hall–Kier alpha value is -1.23. The van der Waals surface area contributed by atoms with Crippen LogP contribution in [0.1, 0.15) is 37.8 Å². The Bertz CT molecular complexity index is 425. The maximum Gasteiger partial charge on any atom is 0.267 e. The third-order valence-corrected chi connectivity index (χ3v) is 4.32. The predicted molar refractivity (Wildman–Crippen MR) is 73.4 cm³/mol. The van der Waals surface area contributed by atoms with E-state index in [-0.39, 0.29) is 6.71 Å². The molecule has 0 atom stereocenters. The smallest absolute Gasteiger partial charge is 0.213 e. The van der Waals surface area contributed by atoms with Crippen molar-refractivity contribution in [3.8, 4) is 5.97 Å². The maximum atomic E-state index is 8.98. The summed E-state index contributed by atoms with van der Waals surface area (Å²) in [6.45, 7) is 4.88. The van der Waals surface area contributed by atoms with Gasteiger partial charge in [0, 0.05) is 5.97 Å². The molecule has 0 aliphatic carbocycles. The van der Waals surface area contributed by atoms with E-state index in [9.17, 15) is 0 Å². The molecule has 0 unspecified atom stereocenters. The molecule has 1 fully saturated rings. The lowest BCUT2D eigenvalue weighted by Crippen LogP contribution is -2.32. The second-order valence-corrected chi connectivity index (χ2v) is 5.47. The van der Waals surface area contributed by atoms with Crippen molar-refractivity contribution in [3.05, 3.63) is 35.4 Å². The van der Waals surface area contributed by atoms with Crippen molar-refractivity contribution in [2.24, 2.45) is 0 Å². The zero-order valence-corrected chi connectivity index (χ0v) is 10.9. The van der Waals surface area contributed by atoms with E-state index in [1.54, 1.807) is 0 Å². The van der Waals surface area contributed by atoms with Gasteiger partial charge in [-0.15, -0.1) is 0 Å². The van der Waals surface area contributed by atoms with E-state index in [0.29, 0.717) is 5.41 Å². The zero-order chi connectivity index (χ0) is 12.3. The molecule has 1 aromatic carbocycles. The highest BCUT2D eigenvalue weighted by Crippen LogP contribution is 2.40. The molecule has 17 heavy (non-hydrogen) atoms. The maximum absolute atomic E-state index is 8.98. The minimum absolute atomic E-state index is 0.289. The van der Waals surface area contributed by atoms with Gasteiger partial charge < -0.3 is 0 Å².